The Balaban J connectivity index is 2.99. The quantitative estimate of drug-likeness (QED) is 0.800. The third-order valence-electron chi connectivity index (χ3n) is 1.42. The van der Waals surface area contributed by atoms with E-state index >= 15 is 0 Å². The molecule has 3 nitrogen and oxygen atoms in total. The summed E-state index contributed by atoms with van der Waals surface area (Å²) in [5.41, 5.74) is 6.10. The first-order valence-corrected chi connectivity index (χ1v) is 4.73. The molecule has 1 aromatic rings. The third-order valence-corrected chi connectivity index (χ3v) is 2.02. The minimum Gasteiger partial charge on any atom is -0.495 e. The topological polar surface area (TPSA) is 47.3 Å². The second kappa shape index (κ2) is 4.43. The molecule has 0 radical (unpaired) electrons. The molecule has 0 heterocycles. The van der Waals surface area contributed by atoms with Crippen molar-refractivity contribution < 1.29 is 4.74 Å². The minimum atomic E-state index is 0.223. The Morgan fingerprint density at radius 1 is 1.62 bits per heavy atom. The second-order valence-corrected chi connectivity index (χ2v) is 3.69. The number of methoxy groups -OCH3 is 1. The van der Waals surface area contributed by atoms with Crippen molar-refractivity contribution in [1.82, 2.24) is 0 Å². The molecule has 5 heteroatoms. The lowest BCUT2D eigenvalue weighted by Gasteiger charge is -2.09. The minimum absolute atomic E-state index is 0.223. The molecule has 0 unspecified atom stereocenters. The summed E-state index contributed by atoms with van der Waals surface area (Å²) >= 11 is 8.05. The predicted octanol–water partition coefficient (Wildman–Crippen LogP) is 2.11. The number of nitrogens with two attached hydrogens (primary N) is 1. The fraction of sp³-hybridized carbons (Fsp3) is 0.125. The van der Waals surface area contributed by atoms with Gasteiger partial charge in [-0.05, 0) is 30.4 Å². The molecule has 0 bridgehead atoms. The standard InChI is InChI=1S/C8H9BrN2OS/c1-12-7-4-5(9)2-3-6(7)11-8(10)13/h2-4H,1H3,(H3,10,11,13). The van der Waals surface area contributed by atoms with Gasteiger partial charge in [0.25, 0.3) is 0 Å². The lowest BCUT2D eigenvalue weighted by atomic mass is 10.3. The average Bonchev–Trinajstić information content (AvgIpc) is 2.07. The van der Waals surface area contributed by atoms with Crippen LogP contribution in [0.25, 0.3) is 0 Å². The van der Waals surface area contributed by atoms with E-state index in [2.05, 4.69) is 21.2 Å². The highest BCUT2D eigenvalue weighted by Gasteiger charge is 2.02. The maximum absolute atomic E-state index is 5.34. The van der Waals surface area contributed by atoms with E-state index in [1.54, 1.807) is 7.11 Å². The van der Waals surface area contributed by atoms with E-state index in [1.807, 2.05) is 18.2 Å². The van der Waals surface area contributed by atoms with Gasteiger partial charge >= 0.3 is 0 Å². The van der Waals surface area contributed by atoms with Crippen LogP contribution in [0.5, 0.6) is 5.75 Å². The van der Waals surface area contributed by atoms with E-state index in [0.717, 1.165) is 10.2 Å². The Kier molecular flexibility index (Phi) is 3.50. The van der Waals surface area contributed by atoms with Gasteiger partial charge in [-0.15, -0.1) is 0 Å². The Morgan fingerprint density at radius 3 is 2.85 bits per heavy atom. The Morgan fingerprint density at radius 2 is 2.31 bits per heavy atom. The first-order chi connectivity index (χ1) is 6.13. The van der Waals surface area contributed by atoms with Crippen molar-refractivity contribution in [2.24, 2.45) is 5.73 Å². The van der Waals surface area contributed by atoms with Gasteiger partial charge in [0.15, 0.2) is 5.11 Å². The van der Waals surface area contributed by atoms with Crippen LogP contribution in [-0.4, -0.2) is 12.2 Å². The number of hydrogen-bond donors (Lipinski definition) is 2. The molecule has 0 saturated heterocycles. The highest BCUT2D eigenvalue weighted by atomic mass is 79.9. The van der Waals surface area contributed by atoms with Crippen LogP contribution in [0, 0.1) is 0 Å². The average molecular weight is 261 g/mol. The van der Waals surface area contributed by atoms with Gasteiger partial charge < -0.3 is 15.8 Å². The summed E-state index contributed by atoms with van der Waals surface area (Å²) in [6.45, 7) is 0. The van der Waals surface area contributed by atoms with Gasteiger partial charge in [0.05, 0.1) is 12.8 Å². The number of anilines is 1. The van der Waals surface area contributed by atoms with Gasteiger partial charge in [-0.25, -0.2) is 0 Å². The summed E-state index contributed by atoms with van der Waals surface area (Å²) < 4.78 is 6.06. The zero-order chi connectivity index (χ0) is 9.84. The fourth-order valence-electron chi connectivity index (χ4n) is 0.901. The Bertz CT molecular complexity index is 330. The summed E-state index contributed by atoms with van der Waals surface area (Å²) in [6.07, 6.45) is 0. The van der Waals surface area contributed by atoms with Gasteiger partial charge in [-0.1, -0.05) is 15.9 Å². The highest BCUT2D eigenvalue weighted by Crippen LogP contribution is 2.27. The molecule has 0 aromatic heterocycles. The molecule has 3 N–H and O–H groups in total. The third kappa shape index (κ3) is 2.86. The van der Waals surface area contributed by atoms with Gasteiger partial charge in [-0.2, -0.15) is 0 Å². The molecular weight excluding hydrogens is 252 g/mol. The first kappa shape index (κ1) is 10.3. The van der Waals surface area contributed by atoms with Crippen molar-refractivity contribution in [1.29, 1.82) is 0 Å². The van der Waals surface area contributed by atoms with Crippen LogP contribution >= 0.6 is 28.1 Å². The molecule has 1 rings (SSSR count). The molecular formula is C8H9BrN2OS. The molecule has 0 amide bonds. The fourth-order valence-corrected chi connectivity index (χ4v) is 1.35. The molecule has 0 saturated carbocycles. The smallest absolute Gasteiger partial charge is 0.168 e. The molecule has 0 fully saturated rings. The van der Waals surface area contributed by atoms with Gasteiger partial charge in [0, 0.05) is 4.47 Å². The maximum atomic E-state index is 5.34. The monoisotopic (exact) mass is 260 g/mol. The van der Waals surface area contributed by atoms with Gasteiger partial charge in [-0.3, -0.25) is 0 Å². The molecule has 0 aliphatic carbocycles. The largest absolute Gasteiger partial charge is 0.495 e. The van der Waals surface area contributed by atoms with E-state index < -0.39 is 0 Å². The summed E-state index contributed by atoms with van der Waals surface area (Å²) in [4.78, 5) is 0. The van der Waals surface area contributed by atoms with Crippen LogP contribution in [-0.2, 0) is 0 Å². The number of nitrogens with one attached hydrogen (secondary N) is 1. The molecule has 0 aliphatic heterocycles. The normalized spacial score (nSPS) is 9.38. The van der Waals surface area contributed by atoms with E-state index in [1.165, 1.54) is 0 Å². The van der Waals surface area contributed by atoms with Crippen molar-refractivity contribution in [2.75, 3.05) is 12.4 Å². The summed E-state index contributed by atoms with van der Waals surface area (Å²) in [7, 11) is 1.59. The van der Waals surface area contributed by atoms with Crippen LogP contribution in [0.3, 0.4) is 0 Å². The van der Waals surface area contributed by atoms with Crippen molar-refractivity contribution in [3.05, 3.63) is 22.7 Å². The molecule has 0 spiro atoms. The van der Waals surface area contributed by atoms with Crippen LogP contribution in [0.2, 0.25) is 0 Å². The lowest BCUT2D eigenvalue weighted by Crippen LogP contribution is -2.19. The number of rotatable bonds is 2. The molecule has 0 aliphatic rings. The number of halogens is 1. The molecule has 0 atom stereocenters. The summed E-state index contributed by atoms with van der Waals surface area (Å²) in [5.74, 6) is 0.696. The van der Waals surface area contributed by atoms with E-state index in [0.29, 0.717) is 5.75 Å². The summed E-state index contributed by atoms with van der Waals surface area (Å²) in [5, 5.41) is 3.04. The van der Waals surface area contributed by atoms with E-state index in [4.69, 9.17) is 22.7 Å². The number of ether oxygens (including phenoxy) is 1. The van der Waals surface area contributed by atoms with Gasteiger partial charge in [0.2, 0.25) is 0 Å². The van der Waals surface area contributed by atoms with Crippen LogP contribution in [0.1, 0.15) is 0 Å². The SMILES string of the molecule is COc1cc(Br)ccc1NC(N)=S. The van der Waals surface area contributed by atoms with Crippen molar-refractivity contribution >= 4 is 38.9 Å². The van der Waals surface area contributed by atoms with Crippen molar-refractivity contribution in [3.8, 4) is 5.75 Å². The Hall–Kier alpha value is -0.810. The van der Waals surface area contributed by atoms with Gasteiger partial charge in [0.1, 0.15) is 5.75 Å². The first-order valence-electron chi connectivity index (χ1n) is 3.53. The zero-order valence-electron chi connectivity index (χ0n) is 7.00. The Labute approximate surface area is 90.4 Å². The van der Waals surface area contributed by atoms with E-state index in [9.17, 15) is 0 Å². The highest BCUT2D eigenvalue weighted by molar-refractivity contribution is 9.10. The molecule has 70 valence electrons. The zero-order valence-corrected chi connectivity index (χ0v) is 9.41. The number of thiocarbonyl (C=S) groups is 1. The molecule has 1 aromatic carbocycles. The number of hydrogen-bond acceptors (Lipinski definition) is 2. The molecule has 13 heavy (non-hydrogen) atoms. The lowest BCUT2D eigenvalue weighted by molar-refractivity contribution is 0.416. The maximum Gasteiger partial charge on any atom is 0.168 e. The summed E-state index contributed by atoms with van der Waals surface area (Å²) in [6, 6.07) is 5.55. The van der Waals surface area contributed by atoms with Crippen molar-refractivity contribution in [2.45, 2.75) is 0 Å². The van der Waals surface area contributed by atoms with Crippen LogP contribution in [0.15, 0.2) is 22.7 Å². The predicted molar refractivity (Wildman–Crippen MR) is 61.1 cm³/mol. The van der Waals surface area contributed by atoms with E-state index in [-0.39, 0.29) is 5.11 Å². The van der Waals surface area contributed by atoms with Crippen LogP contribution in [0.4, 0.5) is 5.69 Å². The van der Waals surface area contributed by atoms with Crippen molar-refractivity contribution in [3.63, 3.8) is 0 Å². The second-order valence-electron chi connectivity index (χ2n) is 2.33. The van der Waals surface area contributed by atoms with Crippen LogP contribution < -0.4 is 15.8 Å². The number of benzene rings is 1.